The van der Waals surface area contributed by atoms with Crippen LogP contribution in [0.2, 0.25) is 0 Å². The molecule has 1 aliphatic rings. The molecule has 9 nitrogen and oxygen atoms in total. The second-order valence-electron chi connectivity index (χ2n) is 9.33. The van der Waals surface area contributed by atoms with E-state index in [1.807, 2.05) is 6.07 Å². The maximum absolute atomic E-state index is 10.3. The van der Waals surface area contributed by atoms with E-state index < -0.39 is 12.0 Å². The van der Waals surface area contributed by atoms with Crippen LogP contribution in [0.5, 0.6) is 46.0 Å². The van der Waals surface area contributed by atoms with Crippen molar-refractivity contribution in [3.8, 4) is 57.3 Å². The van der Waals surface area contributed by atoms with Crippen LogP contribution in [0.25, 0.3) is 22.3 Å². The molecule has 2 heterocycles. The van der Waals surface area contributed by atoms with Gasteiger partial charge in [-0.2, -0.15) is 0 Å². The lowest BCUT2D eigenvalue weighted by Crippen LogP contribution is -2.11. The fraction of sp³-hybridized carbons (Fsp3) is 0.133. The highest BCUT2D eigenvalue weighted by atomic mass is 16.5. The van der Waals surface area contributed by atoms with Crippen molar-refractivity contribution < 1.29 is 44.2 Å². The van der Waals surface area contributed by atoms with Gasteiger partial charge in [-0.1, -0.05) is 6.07 Å². The topological polar surface area (TPSA) is 142 Å². The van der Waals surface area contributed by atoms with Gasteiger partial charge in [0.2, 0.25) is 5.75 Å². The van der Waals surface area contributed by atoms with Gasteiger partial charge in [-0.15, -0.1) is 0 Å². The second-order valence-corrected chi connectivity index (χ2v) is 9.33. The molecule has 1 aromatic heterocycles. The summed E-state index contributed by atoms with van der Waals surface area (Å²) >= 11 is 0. The Balaban J connectivity index is 1.57. The summed E-state index contributed by atoms with van der Waals surface area (Å²) in [6.07, 6.45) is -0.640. The number of rotatable bonds is 5. The molecule has 0 saturated heterocycles. The molecule has 2 atom stereocenters. The largest absolute Gasteiger partial charge is 0.508 e. The van der Waals surface area contributed by atoms with E-state index in [1.165, 1.54) is 44.6 Å². The lowest BCUT2D eigenvalue weighted by Gasteiger charge is -2.21. The summed E-state index contributed by atoms with van der Waals surface area (Å²) in [7, 11) is 2.95. The van der Waals surface area contributed by atoms with E-state index in [0.29, 0.717) is 50.5 Å². The molecule has 9 heteroatoms. The first-order valence-corrected chi connectivity index (χ1v) is 12.0. The van der Waals surface area contributed by atoms with Crippen LogP contribution in [0.3, 0.4) is 0 Å². The van der Waals surface area contributed by atoms with Crippen LogP contribution in [0.1, 0.15) is 28.7 Å². The van der Waals surface area contributed by atoms with E-state index in [1.54, 1.807) is 30.3 Å². The fourth-order valence-electron chi connectivity index (χ4n) is 5.22. The highest BCUT2D eigenvalue weighted by molar-refractivity contribution is 5.92. The molecule has 5 aromatic rings. The van der Waals surface area contributed by atoms with Gasteiger partial charge in [-0.25, -0.2) is 0 Å². The zero-order valence-corrected chi connectivity index (χ0v) is 20.9. The van der Waals surface area contributed by atoms with Gasteiger partial charge in [-0.05, 0) is 59.7 Å². The second kappa shape index (κ2) is 8.98. The molecular weight excluding hydrogens is 504 g/mol. The summed E-state index contributed by atoms with van der Waals surface area (Å²) < 4.78 is 23.7. The van der Waals surface area contributed by atoms with Gasteiger partial charge in [0.15, 0.2) is 22.8 Å². The molecule has 2 unspecified atom stereocenters. The van der Waals surface area contributed by atoms with Crippen LogP contribution in [0.15, 0.2) is 71.1 Å². The van der Waals surface area contributed by atoms with E-state index in [9.17, 15) is 25.5 Å². The molecule has 1 aliphatic heterocycles. The maximum Gasteiger partial charge on any atom is 0.204 e. The summed E-state index contributed by atoms with van der Waals surface area (Å²) in [5, 5.41) is 51.3. The molecule has 4 aromatic carbocycles. The molecule has 0 amide bonds. The minimum absolute atomic E-state index is 0.0241. The number of phenols is 5. The number of methoxy groups -OCH3 is 2. The molecule has 198 valence electrons. The van der Waals surface area contributed by atoms with Crippen molar-refractivity contribution in [2.75, 3.05) is 14.2 Å². The molecule has 6 rings (SSSR count). The first-order valence-electron chi connectivity index (χ1n) is 12.0. The molecular formula is C30H24O9. The van der Waals surface area contributed by atoms with Crippen LogP contribution in [0, 0.1) is 0 Å². The number of fused-ring (bicyclic) bond motifs is 2. The Bertz CT molecular complexity index is 1700. The van der Waals surface area contributed by atoms with Gasteiger partial charge in [0.25, 0.3) is 0 Å². The average Bonchev–Trinajstić information content (AvgIpc) is 3.48. The molecule has 0 fully saturated rings. The minimum atomic E-state index is -0.640. The summed E-state index contributed by atoms with van der Waals surface area (Å²) in [4.78, 5) is 0. The number of benzene rings is 4. The highest BCUT2D eigenvalue weighted by Crippen LogP contribution is 2.57. The SMILES string of the molecule is COc1cc(C2Oc3c(cc4cc(-c5cc(O)cc(O)c5)oc4c3OC)C2c2cc(O)cc(O)c2)ccc1O. The third-order valence-corrected chi connectivity index (χ3v) is 6.84. The lowest BCUT2D eigenvalue weighted by molar-refractivity contribution is 0.213. The Kier molecular flexibility index (Phi) is 5.57. The van der Waals surface area contributed by atoms with Gasteiger partial charge in [0.05, 0.1) is 20.1 Å². The van der Waals surface area contributed by atoms with Crippen molar-refractivity contribution in [3.05, 3.63) is 83.4 Å². The van der Waals surface area contributed by atoms with Crippen LogP contribution in [0.4, 0.5) is 0 Å². The molecule has 39 heavy (non-hydrogen) atoms. The summed E-state index contributed by atoms with van der Waals surface area (Å²) in [5.74, 6) is 0.436. The van der Waals surface area contributed by atoms with Gasteiger partial charge in [-0.3, -0.25) is 0 Å². The quantitative estimate of drug-likeness (QED) is 0.188. The van der Waals surface area contributed by atoms with Crippen molar-refractivity contribution in [2.24, 2.45) is 0 Å². The van der Waals surface area contributed by atoms with E-state index in [-0.39, 0.29) is 34.5 Å². The van der Waals surface area contributed by atoms with Crippen LogP contribution >= 0.6 is 0 Å². The van der Waals surface area contributed by atoms with Gasteiger partial charge < -0.3 is 44.2 Å². The summed E-state index contributed by atoms with van der Waals surface area (Å²) in [6, 6.07) is 17.1. The third kappa shape index (κ3) is 4.04. The number of ether oxygens (including phenoxy) is 3. The zero-order valence-electron chi connectivity index (χ0n) is 20.9. The highest BCUT2D eigenvalue weighted by Gasteiger charge is 2.41. The predicted molar refractivity (Wildman–Crippen MR) is 141 cm³/mol. The molecule has 0 radical (unpaired) electrons. The number of hydrogen-bond donors (Lipinski definition) is 5. The van der Waals surface area contributed by atoms with E-state index in [2.05, 4.69) is 0 Å². The Morgan fingerprint density at radius 1 is 0.692 bits per heavy atom. The van der Waals surface area contributed by atoms with Crippen molar-refractivity contribution in [3.63, 3.8) is 0 Å². The smallest absolute Gasteiger partial charge is 0.204 e. The first-order chi connectivity index (χ1) is 18.7. The molecule has 0 spiro atoms. The van der Waals surface area contributed by atoms with E-state index >= 15 is 0 Å². The first kappa shape index (κ1) is 24.2. The Morgan fingerprint density at radius 3 is 2.00 bits per heavy atom. The summed E-state index contributed by atoms with van der Waals surface area (Å²) in [6.45, 7) is 0. The number of phenolic OH excluding ortho intramolecular Hbond substituents is 5. The number of furan rings is 1. The summed E-state index contributed by atoms with van der Waals surface area (Å²) in [5.41, 5.74) is 2.85. The fourth-order valence-corrected chi connectivity index (χ4v) is 5.22. The molecule has 0 saturated carbocycles. The zero-order chi connectivity index (χ0) is 27.4. The van der Waals surface area contributed by atoms with Gasteiger partial charge >= 0.3 is 0 Å². The van der Waals surface area contributed by atoms with Crippen molar-refractivity contribution >= 4 is 11.0 Å². The Labute approximate surface area is 222 Å². The molecule has 0 bridgehead atoms. The van der Waals surface area contributed by atoms with Crippen LogP contribution in [-0.2, 0) is 0 Å². The maximum atomic E-state index is 10.3. The Hall–Kier alpha value is -5.18. The normalized spacial score (nSPS) is 16.2. The lowest BCUT2D eigenvalue weighted by atomic mass is 9.84. The number of aromatic hydroxyl groups is 5. The molecule has 5 N–H and O–H groups in total. The van der Waals surface area contributed by atoms with Crippen LogP contribution in [-0.4, -0.2) is 39.8 Å². The van der Waals surface area contributed by atoms with E-state index in [0.717, 1.165) is 0 Å². The van der Waals surface area contributed by atoms with Crippen molar-refractivity contribution in [2.45, 2.75) is 12.0 Å². The third-order valence-electron chi connectivity index (χ3n) is 6.84. The van der Waals surface area contributed by atoms with E-state index in [4.69, 9.17) is 18.6 Å². The molecule has 0 aliphatic carbocycles. The monoisotopic (exact) mass is 528 g/mol. The van der Waals surface area contributed by atoms with Crippen molar-refractivity contribution in [1.29, 1.82) is 0 Å². The average molecular weight is 529 g/mol. The standard InChI is InChI=1S/C30H24O9/c1-36-25-10-14(3-4-23(25)35)27-26(16-7-20(33)13-21(34)8-16)22-9-17-11-24(15-5-18(31)12-19(32)6-15)38-28(17)30(37-2)29(22)39-27/h3-13,26-27,31-35H,1-2H3. The minimum Gasteiger partial charge on any atom is -0.508 e. The predicted octanol–water partition coefficient (Wildman–Crippen LogP) is 5.91. The van der Waals surface area contributed by atoms with Gasteiger partial charge in [0.1, 0.15) is 34.9 Å². The Morgan fingerprint density at radius 2 is 1.36 bits per heavy atom. The number of hydrogen-bond acceptors (Lipinski definition) is 9. The van der Waals surface area contributed by atoms with Crippen LogP contribution < -0.4 is 14.2 Å². The van der Waals surface area contributed by atoms with Gasteiger partial charge in [0, 0.05) is 28.6 Å². The van der Waals surface area contributed by atoms with Crippen molar-refractivity contribution in [1.82, 2.24) is 0 Å².